The van der Waals surface area contributed by atoms with Crippen LogP contribution in [0.4, 0.5) is 4.79 Å². The van der Waals surface area contributed by atoms with E-state index in [1.165, 1.54) is 4.90 Å². The molecule has 1 heterocycles. The molecular weight excluding hydrogens is 246 g/mol. The fraction of sp³-hybridized carbons (Fsp3) is 0.900. The summed E-state index contributed by atoms with van der Waals surface area (Å²) in [5.74, 6) is 0. The molecule has 1 aliphatic heterocycles. The summed E-state index contributed by atoms with van der Waals surface area (Å²) in [6, 6.07) is 0. The highest BCUT2D eigenvalue weighted by Gasteiger charge is 2.47. The van der Waals surface area contributed by atoms with Gasteiger partial charge in [0.15, 0.2) is 0 Å². The number of carboxylic acid groups (broad SMARTS) is 1. The van der Waals surface area contributed by atoms with Crippen molar-refractivity contribution in [2.45, 2.75) is 31.8 Å². The number of amides is 1. The van der Waals surface area contributed by atoms with Gasteiger partial charge in [0.25, 0.3) is 10.1 Å². The molecule has 2 fully saturated rings. The van der Waals surface area contributed by atoms with E-state index in [1.807, 2.05) is 0 Å². The molecule has 6 nitrogen and oxygen atoms in total. The molecule has 0 atom stereocenters. The summed E-state index contributed by atoms with van der Waals surface area (Å²) in [5, 5.41) is 8.77. The molecule has 2 rings (SSSR count). The van der Waals surface area contributed by atoms with Crippen molar-refractivity contribution >= 4 is 16.2 Å². The van der Waals surface area contributed by atoms with Crippen LogP contribution in [0.1, 0.15) is 25.7 Å². The van der Waals surface area contributed by atoms with E-state index in [4.69, 9.17) is 9.29 Å². The maximum atomic E-state index is 11.0. The van der Waals surface area contributed by atoms with Crippen LogP contribution in [0.3, 0.4) is 0 Å². The SMILES string of the molecule is CS(=O)(=O)OC1CCC2(CC1)CN(C(=O)O)C2. The Bertz CT molecular complexity index is 402. The molecule has 98 valence electrons. The maximum absolute atomic E-state index is 11.0. The molecule has 1 aliphatic carbocycles. The molecule has 1 saturated heterocycles. The highest BCUT2D eigenvalue weighted by Crippen LogP contribution is 2.44. The number of hydrogen-bond donors (Lipinski definition) is 1. The molecule has 0 aromatic heterocycles. The summed E-state index contributed by atoms with van der Waals surface area (Å²) in [6.07, 6.45) is 3.04. The van der Waals surface area contributed by atoms with Crippen LogP contribution in [-0.2, 0) is 14.3 Å². The third-order valence-corrected chi connectivity index (χ3v) is 4.25. The fourth-order valence-corrected chi connectivity index (χ4v) is 3.45. The number of hydrogen-bond acceptors (Lipinski definition) is 4. The molecular formula is C10H17NO5S. The lowest BCUT2D eigenvalue weighted by Crippen LogP contribution is -2.59. The van der Waals surface area contributed by atoms with Crippen molar-refractivity contribution in [2.75, 3.05) is 19.3 Å². The largest absolute Gasteiger partial charge is 0.465 e. The highest BCUT2D eigenvalue weighted by molar-refractivity contribution is 7.86. The third-order valence-electron chi connectivity index (χ3n) is 3.63. The smallest absolute Gasteiger partial charge is 0.407 e. The molecule has 0 radical (unpaired) electrons. The van der Waals surface area contributed by atoms with Crippen LogP contribution >= 0.6 is 0 Å². The maximum Gasteiger partial charge on any atom is 0.407 e. The van der Waals surface area contributed by atoms with Crippen LogP contribution in [0.2, 0.25) is 0 Å². The zero-order chi connectivity index (χ0) is 12.7. The summed E-state index contributed by atoms with van der Waals surface area (Å²) in [7, 11) is -3.38. The zero-order valence-corrected chi connectivity index (χ0v) is 10.6. The topological polar surface area (TPSA) is 83.9 Å². The molecule has 0 aromatic carbocycles. The normalized spacial score (nSPS) is 24.6. The molecule has 0 aromatic rings. The van der Waals surface area contributed by atoms with Gasteiger partial charge in [-0.15, -0.1) is 0 Å². The minimum absolute atomic E-state index is 0.0791. The second-order valence-electron chi connectivity index (χ2n) is 5.14. The standard InChI is InChI=1S/C10H17NO5S/c1-17(14,15)16-8-2-4-10(5-3-8)6-11(7-10)9(12)13/h8H,2-7H2,1H3,(H,12,13). The zero-order valence-electron chi connectivity index (χ0n) is 9.76. The number of likely N-dealkylation sites (tertiary alicyclic amines) is 1. The predicted octanol–water partition coefficient (Wildman–Crippen LogP) is 0.885. The minimum Gasteiger partial charge on any atom is -0.465 e. The average molecular weight is 263 g/mol. The van der Waals surface area contributed by atoms with Gasteiger partial charge in [-0.25, -0.2) is 4.79 Å². The summed E-state index contributed by atoms with van der Waals surface area (Å²) < 4.78 is 26.9. The minimum atomic E-state index is -3.38. The monoisotopic (exact) mass is 263 g/mol. The Balaban J connectivity index is 1.82. The molecule has 1 amide bonds. The number of nitrogens with zero attached hydrogens (tertiary/aromatic N) is 1. The van der Waals surface area contributed by atoms with E-state index in [1.54, 1.807) is 0 Å². The van der Waals surface area contributed by atoms with Crippen molar-refractivity contribution in [3.8, 4) is 0 Å². The molecule has 1 spiro atoms. The molecule has 2 aliphatic rings. The second kappa shape index (κ2) is 4.13. The van der Waals surface area contributed by atoms with E-state index in [-0.39, 0.29) is 11.5 Å². The van der Waals surface area contributed by atoms with Gasteiger partial charge in [0.05, 0.1) is 12.4 Å². The van der Waals surface area contributed by atoms with E-state index in [9.17, 15) is 13.2 Å². The first kappa shape index (κ1) is 12.6. The number of carbonyl (C=O) groups is 1. The summed E-state index contributed by atoms with van der Waals surface area (Å²) >= 11 is 0. The van der Waals surface area contributed by atoms with E-state index >= 15 is 0 Å². The Labute approximate surface area is 101 Å². The van der Waals surface area contributed by atoms with Gasteiger partial charge >= 0.3 is 6.09 Å². The Morgan fingerprint density at radius 2 is 1.88 bits per heavy atom. The first-order valence-corrected chi connectivity index (χ1v) is 7.47. The van der Waals surface area contributed by atoms with Crippen LogP contribution < -0.4 is 0 Å². The van der Waals surface area contributed by atoms with Gasteiger partial charge in [-0.1, -0.05) is 0 Å². The fourth-order valence-electron chi connectivity index (χ4n) is 2.76. The predicted molar refractivity (Wildman–Crippen MR) is 60.2 cm³/mol. The van der Waals surface area contributed by atoms with E-state index in [0.29, 0.717) is 25.9 Å². The Morgan fingerprint density at radius 1 is 1.35 bits per heavy atom. The third kappa shape index (κ3) is 2.90. The first-order valence-electron chi connectivity index (χ1n) is 5.66. The van der Waals surface area contributed by atoms with Crippen molar-refractivity contribution < 1.29 is 22.5 Å². The Kier molecular flexibility index (Phi) is 3.07. The molecule has 0 unspecified atom stereocenters. The molecule has 0 bridgehead atoms. The van der Waals surface area contributed by atoms with Crippen molar-refractivity contribution in [3.63, 3.8) is 0 Å². The second-order valence-corrected chi connectivity index (χ2v) is 6.74. The van der Waals surface area contributed by atoms with Gasteiger partial charge in [-0.3, -0.25) is 4.18 Å². The van der Waals surface area contributed by atoms with Crippen LogP contribution in [0.25, 0.3) is 0 Å². The van der Waals surface area contributed by atoms with Crippen LogP contribution in [0.5, 0.6) is 0 Å². The van der Waals surface area contributed by atoms with Gasteiger partial charge in [0.2, 0.25) is 0 Å². The number of rotatable bonds is 2. The van der Waals surface area contributed by atoms with Gasteiger partial charge in [-0.2, -0.15) is 8.42 Å². The van der Waals surface area contributed by atoms with Gasteiger partial charge in [-0.05, 0) is 25.7 Å². The quantitative estimate of drug-likeness (QED) is 0.748. The van der Waals surface area contributed by atoms with Crippen LogP contribution in [0, 0.1) is 5.41 Å². The summed E-state index contributed by atoms with van der Waals surface area (Å²) in [5.41, 5.74) is 0.0791. The average Bonchev–Trinajstić information content (AvgIpc) is 2.12. The van der Waals surface area contributed by atoms with Crippen molar-refractivity contribution in [1.29, 1.82) is 0 Å². The molecule has 1 N–H and O–H groups in total. The van der Waals surface area contributed by atoms with Gasteiger partial charge < -0.3 is 10.0 Å². The summed E-state index contributed by atoms with van der Waals surface area (Å²) in [4.78, 5) is 12.1. The van der Waals surface area contributed by atoms with Crippen LogP contribution in [0.15, 0.2) is 0 Å². The lowest BCUT2D eigenvalue weighted by molar-refractivity contribution is -0.0357. The lowest BCUT2D eigenvalue weighted by atomic mass is 9.68. The van der Waals surface area contributed by atoms with Crippen LogP contribution in [-0.4, -0.2) is 50.0 Å². The lowest BCUT2D eigenvalue weighted by Gasteiger charge is -2.52. The highest BCUT2D eigenvalue weighted by atomic mass is 32.2. The molecule has 17 heavy (non-hydrogen) atoms. The molecule has 7 heteroatoms. The summed E-state index contributed by atoms with van der Waals surface area (Å²) in [6.45, 7) is 1.15. The molecule has 1 saturated carbocycles. The van der Waals surface area contributed by atoms with Crippen molar-refractivity contribution in [2.24, 2.45) is 5.41 Å². The van der Waals surface area contributed by atoms with Gasteiger partial charge in [0, 0.05) is 18.5 Å². The van der Waals surface area contributed by atoms with Crippen molar-refractivity contribution in [1.82, 2.24) is 4.90 Å². The van der Waals surface area contributed by atoms with E-state index in [0.717, 1.165) is 19.1 Å². The van der Waals surface area contributed by atoms with E-state index < -0.39 is 16.2 Å². The van der Waals surface area contributed by atoms with Crippen molar-refractivity contribution in [3.05, 3.63) is 0 Å². The Morgan fingerprint density at radius 3 is 2.29 bits per heavy atom. The van der Waals surface area contributed by atoms with Gasteiger partial charge in [0.1, 0.15) is 0 Å². The Hall–Kier alpha value is -0.820. The first-order chi connectivity index (χ1) is 7.80. The van der Waals surface area contributed by atoms with E-state index in [2.05, 4.69) is 0 Å².